The summed E-state index contributed by atoms with van der Waals surface area (Å²) in [6.07, 6.45) is 16.7. The maximum Gasteiger partial charge on any atom is 0.289 e. The zero-order valence-electron chi connectivity index (χ0n) is 31.0. The molecule has 1 saturated heterocycles. The van der Waals surface area contributed by atoms with Crippen LogP contribution in [0.2, 0.25) is 0 Å². The first-order valence-electron chi connectivity index (χ1n) is 19.5. The van der Waals surface area contributed by atoms with Gasteiger partial charge in [-0.2, -0.15) is 0 Å². The van der Waals surface area contributed by atoms with E-state index in [0.29, 0.717) is 25.9 Å². The highest BCUT2D eigenvalue weighted by Gasteiger charge is 2.51. The zero-order valence-corrected chi connectivity index (χ0v) is 31.0. The van der Waals surface area contributed by atoms with Gasteiger partial charge in [0, 0.05) is 44.0 Å². The van der Waals surface area contributed by atoms with E-state index in [1.165, 1.54) is 18.6 Å². The van der Waals surface area contributed by atoms with Gasteiger partial charge in [0.25, 0.3) is 11.8 Å². The number of Topliss-reactive ketones (excluding diaryl/α,β-unsaturated/α-hetero) is 1. The van der Waals surface area contributed by atoms with Gasteiger partial charge in [-0.25, -0.2) is 4.98 Å². The van der Waals surface area contributed by atoms with Gasteiger partial charge in [-0.3, -0.25) is 33.8 Å². The maximum atomic E-state index is 14.7. The molecule has 13 heteroatoms. The minimum Gasteiger partial charge on any atom is -0.347 e. The van der Waals surface area contributed by atoms with E-state index < -0.39 is 35.7 Å². The van der Waals surface area contributed by atoms with Crippen LogP contribution in [0.15, 0.2) is 30.2 Å². The molecule has 13 nitrogen and oxygen atoms in total. The first-order chi connectivity index (χ1) is 25.0. The molecular weight excluding hydrogens is 662 g/mol. The Hall–Kier alpha value is -4.00. The van der Waals surface area contributed by atoms with Crippen LogP contribution in [0.4, 0.5) is 0 Å². The number of nitrogens with one attached hydrogen (secondary N) is 4. The Labute approximate surface area is 307 Å². The largest absolute Gasteiger partial charge is 0.347 e. The van der Waals surface area contributed by atoms with Crippen LogP contribution in [0.1, 0.15) is 121 Å². The molecule has 284 valence electrons. The van der Waals surface area contributed by atoms with E-state index in [9.17, 15) is 28.8 Å². The van der Waals surface area contributed by atoms with E-state index in [2.05, 4.69) is 31.2 Å². The standard InChI is InChI=1S/C39H57N7O6/c1-4-9-30(35(48)38(51)43-27-14-15-27)44-37(50)34-29-13-8-12-26(29)23-46(34)39(52)31(17-16-28(47)20-24(2)3)42-22-32(25-10-6-5-7-11-25)45-36(49)33-21-40-18-19-41-33/h18-21,25-27,29-32,34,42H,4-17,22-23H2,1-3H3,(H,43,51)(H,44,50)(H,45,49)/t26-,29-,30-,31-,32+,34-/m0/s1. The predicted octanol–water partition coefficient (Wildman–Crippen LogP) is 3.19. The van der Waals surface area contributed by atoms with Crippen LogP contribution < -0.4 is 21.3 Å². The van der Waals surface area contributed by atoms with Crippen LogP contribution >= 0.6 is 0 Å². The van der Waals surface area contributed by atoms with Crippen LogP contribution in [0.25, 0.3) is 0 Å². The Morgan fingerprint density at radius 3 is 2.35 bits per heavy atom. The Morgan fingerprint density at radius 1 is 0.904 bits per heavy atom. The van der Waals surface area contributed by atoms with Crippen molar-refractivity contribution < 1.29 is 28.8 Å². The second-order valence-corrected chi connectivity index (χ2v) is 15.5. The monoisotopic (exact) mass is 719 g/mol. The fourth-order valence-electron chi connectivity index (χ4n) is 8.32. The SMILES string of the molecule is CCC[C@H](NC(=O)[C@@H]1[C@H]2CCC[C@H]2CN1C(=O)[C@H](CCC(=O)C=C(C)C)NC[C@@H](NC(=O)c1cnccn1)C1CCCCC1)C(=O)C(=O)NC1CC1. The molecule has 1 aromatic heterocycles. The molecule has 0 spiro atoms. The van der Waals surface area contributed by atoms with Gasteiger partial charge in [-0.05, 0) is 89.0 Å². The van der Waals surface area contributed by atoms with E-state index in [1.807, 2.05) is 20.8 Å². The van der Waals surface area contributed by atoms with Gasteiger partial charge >= 0.3 is 0 Å². The molecule has 6 atom stereocenters. The van der Waals surface area contributed by atoms with Gasteiger partial charge in [0.15, 0.2) is 5.78 Å². The Morgan fingerprint density at radius 2 is 1.67 bits per heavy atom. The highest BCUT2D eigenvalue weighted by molar-refractivity contribution is 6.38. The third-order valence-electron chi connectivity index (χ3n) is 11.1. The number of fused-ring (bicyclic) bond motifs is 1. The van der Waals surface area contributed by atoms with Crippen LogP contribution in [0.3, 0.4) is 0 Å². The lowest BCUT2D eigenvalue weighted by atomic mass is 9.83. The smallest absolute Gasteiger partial charge is 0.289 e. The van der Waals surface area contributed by atoms with Crippen molar-refractivity contribution in [1.29, 1.82) is 0 Å². The lowest BCUT2D eigenvalue weighted by molar-refractivity contribution is -0.143. The number of aromatic nitrogens is 2. The van der Waals surface area contributed by atoms with E-state index in [0.717, 1.165) is 69.8 Å². The van der Waals surface area contributed by atoms with Crippen molar-refractivity contribution in [2.45, 2.75) is 141 Å². The van der Waals surface area contributed by atoms with Gasteiger partial charge < -0.3 is 26.2 Å². The quantitative estimate of drug-likeness (QED) is 0.131. The number of allylic oxidation sites excluding steroid dienone is 2. The maximum absolute atomic E-state index is 14.7. The minimum absolute atomic E-state index is 0.0164. The molecule has 4 amide bonds. The molecule has 4 aliphatic rings. The fraction of sp³-hybridized carbons (Fsp3) is 0.692. The summed E-state index contributed by atoms with van der Waals surface area (Å²) in [5.41, 5.74) is 1.08. The summed E-state index contributed by atoms with van der Waals surface area (Å²) in [4.78, 5) is 90.7. The zero-order chi connectivity index (χ0) is 37.2. The van der Waals surface area contributed by atoms with Gasteiger partial charge in [0.2, 0.25) is 17.6 Å². The first kappa shape index (κ1) is 39.2. The average molecular weight is 720 g/mol. The van der Waals surface area contributed by atoms with Crippen molar-refractivity contribution in [1.82, 2.24) is 36.1 Å². The number of hydrogen-bond acceptors (Lipinski definition) is 9. The van der Waals surface area contributed by atoms with Crippen LogP contribution in [-0.4, -0.2) is 93.4 Å². The number of carbonyl (C=O) groups is 6. The normalized spacial score (nSPS) is 23.1. The molecule has 3 saturated carbocycles. The van der Waals surface area contributed by atoms with E-state index in [1.54, 1.807) is 11.0 Å². The van der Waals surface area contributed by atoms with Crippen molar-refractivity contribution in [3.05, 3.63) is 35.9 Å². The number of ketones is 2. The molecule has 1 aromatic rings. The Balaban J connectivity index is 1.35. The molecule has 0 radical (unpaired) electrons. The summed E-state index contributed by atoms with van der Waals surface area (Å²) in [5.74, 6) is -2.16. The predicted molar refractivity (Wildman–Crippen MR) is 195 cm³/mol. The first-order valence-corrected chi connectivity index (χ1v) is 19.5. The summed E-state index contributed by atoms with van der Waals surface area (Å²) in [6, 6.07) is -2.83. The highest BCUT2D eigenvalue weighted by atomic mass is 16.2. The average Bonchev–Trinajstić information content (AvgIpc) is 3.70. The van der Waals surface area contributed by atoms with E-state index >= 15 is 0 Å². The molecule has 4 N–H and O–H groups in total. The lowest BCUT2D eigenvalue weighted by Gasteiger charge is -2.34. The number of likely N-dealkylation sites (tertiary alicyclic amines) is 1. The van der Waals surface area contributed by atoms with Crippen LogP contribution in [-0.2, 0) is 24.0 Å². The summed E-state index contributed by atoms with van der Waals surface area (Å²) < 4.78 is 0. The molecule has 0 aromatic carbocycles. The lowest BCUT2D eigenvalue weighted by Crippen LogP contribution is -2.58. The van der Waals surface area contributed by atoms with Crippen molar-refractivity contribution in [3.8, 4) is 0 Å². The molecule has 1 aliphatic heterocycles. The number of amides is 4. The Kier molecular flexibility index (Phi) is 14.1. The highest BCUT2D eigenvalue weighted by Crippen LogP contribution is 2.42. The van der Waals surface area contributed by atoms with Crippen molar-refractivity contribution in [2.24, 2.45) is 17.8 Å². The molecule has 3 aliphatic carbocycles. The number of rotatable bonds is 18. The number of hydrogen-bond donors (Lipinski definition) is 4. The van der Waals surface area contributed by atoms with Gasteiger partial charge in [0.05, 0.1) is 18.3 Å². The van der Waals surface area contributed by atoms with Crippen LogP contribution in [0, 0.1) is 17.8 Å². The Bertz CT molecular complexity index is 1470. The minimum atomic E-state index is -0.974. The summed E-state index contributed by atoms with van der Waals surface area (Å²) in [6.45, 7) is 6.31. The second kappa shape index (κ2) is 18.7. The van der Waals surface area contributed by atoms with E-state index in [-0.39, 0.29) is 66.0 Å². The van der Waals surface area contributed by atoms with E-state index in [4.69, 9.17) is 0 Å². The third kappa shape index (κ3) is 10.5. The van der Waals surface area contributed by atoms with Gasteiger partial charge in [-0.15, -0.1) is 0 Å². The van der Waals surface area contributed by atoms with Gasteiger partial charge in [-0.1, -0.05) is 44.6 Å². The van der Waals surface area contributed by atoms with Crippen LogP contribution in [0.5, 0.6) is 0 Å². The fourth-order valence-corrected chi connectivity index (χ4v) is 8.32. The second-order valence-electron chi connectivity index (χ2n) is 15.5. The third-order valence-corrected chi connectivity index (χ3v) is 11.1. The number of nitrogens with zero attached hydrogens (tertiary/aromatic N) is 3. The molecule has 0 bridgehead atoms. The molecule has 0 unspecified atom stereocenters. The van der Waals surface area contributed by atoms with Crippen molar-refractivity contribution in [2.75, 3.05) is 13.1 Å². The summed E-state index contributed by atoms with van der Waals surface area (Å²) in [5, 5.41) is 12.2. The molecule has 2 heterocycles. The summed E-state index contributed by atoms with van der Waals surface area (Å²) in [7, 11) is 0. The van der Waals surface area contributed by atoms with Crippen molar-refractivity contribution >= 4 is 35.2 Å². The molecule has 4 fully saturated rings. The topological polar surface area (TPSA) is 180 Å². The van der Waals surface area contributed by atoms with Crippen molar-refractivity contribution in [3.63, 3.8) is 0 Å². The molecule has 5 rings (SSSR count). The van der Waals surface area contributed by atoms with Gasteiger partial charge in [0.1, 0.15) is 11.7 Å². The summed E-state index contributed by atoms with van der Waals surface area (Å²) >= 11 is 0. The number of carbonyl (C=O) groups excluding carboxylic acids is 6. The molecule has 52 heavy (non-hydrogen) atoms. The molecular formula is C39H57N7O6.